The maximum absolute atomic E-state index is 13.5. The van der Waals surface area contributed by atoms with E-state index in [1.807, 2.05) is 0 Å². The third kappa shape index (κ3) is 4.07. The lowest BCUT2D eigenvalue weighted by Crippen LogP contribution is -2.25. The van der Waals surface area contributed by atoms with Gasteiger partial charge in [-0.2, -0.15) is 13.2 Å². The van der Waals surface area contributed by atoms with Crippen LogP contribution in [0.5, 0.6) is 5.75 Å². The average molecular weight is 437 g/mol. The molecule has 1 unspecified atom stereocenters. The minimum atomic E-state index is -4.58. The van der Waals surface area contributed by atoms with Crippen LogP contribution >= 0.6 is 0 Å². The van der Waals surface area contributed by atoms with E-state index in [4.69, 9.17) is 9.15 Å². The Morgan fingerprint density at radius 1 is 1.23 bits per heavy atom. The number of nitrogens with one attached hydrogen (secondary N) is 1. The second kappa shape index (κ2) is 7.79. The van der Waals surface area contributed by atoms with Gasteiger partial charge >= 0.3 is 6.18 Å². The number of rotatable bonds is 6. The number of para-hydroxylation sites is 1. The van der Waals surface area contributed by atoms with Crippen molar-refractivity contribution >= 4 is 27.9 Å². The molecule has 0 saturated heterocycles. The first kappa shape index (κ1) is 20.5. The van der Waals surface area contributed by atoms with Crippen LogP contribution in [0.3, 0.4) is 0 Å². The van der Waals surface area contributed by atoms with Crippen LogP contribution in [0, 0.1) is 0 Å². The number of benzene rings is 2. The normalized spacial score (nSPS) is 15.2. The molecule has 0 radical (unpaired) electrons. The van der Waals surface area contributed by atoms with Gasteiger partial charge in [-0.3, -0.25) is 9.52 Å². The Hall–Kier alpha value is -2.81. The lowest BCUT2D eigenvalue weighted by atomic mass is 10.0. The van der Waals surface area contributed by atoms with Crippen molar-refractivity contribution in [1.82, 2.24) is 4.72 Å². The molecular weight excluding hydrogens is 419 g/mol. The number of carbonyl (C=O) groups excluding carboxylic acids is 1. The van der Waals surface area contributed by atoms with Gasteiger partial charge in [-0.25, -0.2) is 4.21 Å². The number of halogens is 3. The molecular formula is C21H18F3NO4S. The predicted octanol–water partition coefficient (Wildman–Crippen LogP) is 5.18. The van der Waals surface area contributed by atoms with E-state index in [-0.39, 0.29) is 27.5 Å². The zero-order valence-corrected chi connectivity index (χ0v) is 16.7. The van der Waals surface area contributed by atoms with Crippen molar-refractivity contribution in [2.45, 2.75) is 36.8 Å². The summed E-state index contributed by atoms with van der Waals surface area (Å²) in [5.41, 5.74) is -0.310. The van der Waals surface area contributed by atoms with Crippen molar-refractivity contribution in [1.29, 1.82) is 0 Å². The van der Waals surface area contributed by atoms with Crippen LogP contribution < -0.4 is 9.46 Å². The first-order valence-corrected chi connectivity index (χ1v) is 10.5. The summed E-state index contributed by atoms with van der Waals surface area (Å²) in [5, 5.41) is -0.197. The Morgan fingerprint density at radius 2 is 1.97 bits per heavy atom. The summed E-state index contributed by atoms with van der Waals surface area (Å²) >= 11 is 0. The van der Waals surface area contributed by atoms with Gasteiger partial charge in [0.05, 0.1) is 12.2 Å². The van der Waals surface area contributed by atoms with E-state index in [0.717, 1.165) is 25.0 Å². The minimum Gasteiger partial charge on any atom is -0.493 e. The van der Waals surface area contributed by atoms with Crippen LogP contribution in [0.25, 0.3) is 11.0 Å². The summed E-state index contributed by atoms with van der Waals surface area (Å²) < 4.78 is 66.3. The van der Waals surface area contributed by atoms with E-state index in [9.17, 15) is 22.2 Å². The minimum absolute atomic E-state index is 0.0163. The summed E-state index contributed by atoms with van der Waals surface area (Å²) in [6.45, 7) is 2.11. The number of fused-ring (bicyclic) bond motifs is 1. The Balaban J connectivity index is 1.65. The number of alkyl halides is 3. The standard InChI is InChI=1S/C21H18F3NO4S/c1-2-28-16-5-3-4-6-19(16)30(27)25-20(26)18-11-14-15(21(22,23)24)9-13(12-7-8-12)10-17(14)29-18/h3-6,9-12H,2,7-8H2,1H3,(H,25,26). The molecule has 4 rings (SSSR count). The third-order valence-electron chi connectivity index (χ3n) is 4.77. The molecule has 1 fully saturated rings. The monoisotopic (exact) mass is 437 g/mol. The van der Waals surface area contributed by atoms with Gasteiger partial charge < -0.3 is 9.15 Å². The molecule has 1 aliphatic carbocycles. The highest BCUT2D eigenvalue weighted by Crippen LogP contribution is 2.45. The zero-order chi connectivity index (χ0) is 21.5. The van der Waals surface area contributed by atoms with Crippen LogP contribution in [0.4, 0.5) is 13.2 Å². The lowest BCUT2D eigenvalue weighted by molar-refractivity contribution is -0.136. The highest BCUT2D eigenvalue weighted by molar-refractivity contribution is 7.83. The van der Waals surface area contributed by atoms with Crippen LogP contribution in [0.1, 0.15) is 47.4 Å². The van der Waals surface area contributed by atoms with Crippen molar-refractivity contribution < 1.29 is 31.3 Å². The summed E-state index contributed by atoms with van der Waals surface area (Å²) in [5.74, 6) is -0.792. The summed E-state index contributed by atoms with van der Waals surface area (Å²) in [6.07, 6.45) is -2.93. The molecule has 1 aromatic heterocycles. The fraction of sp³-hybridized carbons (Fsp3) is 0.286. The highest BCUT2D eigenvalue weighted by Gasteiger charge is 2.36. The van der Waals surface area contributed by atoms with E-state index >= 15 is 0 Å². The van der Waals surface area contributed by atoms with Gasteiger partial charge in [0, 0.05) is 5.39 Å². The van der Waals surface area contributed by atoms with Crippen LogP contribution in [0.2, 0.25) is 0 Å². The first-order chi connectivity index (χ1) is 14.3. The Morgan fingerprint density at radius 3 is 2.63 bits per heavy atom. The van der Waals surface area contributed by atoms with Gasteiger partial charge in [0.1, 0.15) is 16.2 Å². The smallest absolute Gasteiger partial charge is 0.417 e. The lowest BCUT2D eigenvalue weighted by Gasteiger charge is -2.09. The van der Waals surface area contributed by atoms with Gasteiger partial charge in [-0.05, 0) is 61.6 Å². The fourth-order valence-corrected chi connectivity index (χ4v) is 4.12. The fourth-order valence-electron chi connectivity index (χ4n) is 3.23. The van der Waals surface area contributed by atoms with E-state index < -0.39 is 28.6 Å². The molecule has 5 nitrogen and oxygen atoms in total. The highest BCUT2D eigenvalue weighted by atomic mass is 32.2. The number of carbonyl (C=O) groups is 1. The molecule has 0 bridgehead atoms. The van der Waals surface area contributed by atoms with Gasteiger partial charge in [-0.1, -0.05) is 12.1 Å². The van der Waals surface area contributed by atoms with Crippen molar-refractivity contribution in [3.63, 3.8) is 0 Å². The van der Waals surface area contributed by atoms with E-state index in [0.29, 0.717) is 17.9 Å². The maximum atomic E-state index is 13.5. The predicted molar refractivity (Wildman–Crippen MR) is 105 cm³/mol. The number of ether oxygens (including phenoxy) is 1. The maximum Gasteiger partial charge on any atom is 0.417 e. The van der Waals surface area contributed by atoms with E-state index in [1.54, 1.807) is 31.2 Å². The topological polar surface area (TPSA) is 68.5 Å². The molecule has 1 aliphatic rings. The third-order valence-corrected chi connectivity index (χ3v) is 5.88. The molecule has 1 atom stereocenters. The molecule has 3 aromatic rings. The molecule has 0 aliphatic heterocycles. The summed E-state index contributed by atoms with van der Waals surface area (Å²) in [4.78, 5) is 12.8. The molecule has 30 heavy (non-hydrogen) atoms. The van der Waals surface area contributed by atoms with Crippen molar-refractivity contribution in [2.24, 2.45) is 0 Å². The van der Waals surface area contributed by atoms with Crippen molar-refractivity contribution in [3.8, 4) is 5.75 Å². The second-order valence-corrected chi connectivity index (χ2v) is 8.12. The van der Waals surface area contributed by atoms with Gasteiger partial charge in [0.2, 0.25) is 0 Å². The van der Waals surface area contributed by atoms with Crippen molar-refractivity contribution in [2.75, 3.05) is 6.61 Å². The molecule has 1 saturated carbocycles. The van der Waals surface area contributed by atoms with Crippen LogP contribution in [-0.4, -0.2) is 16.7 Å². The van der Waals surface area contributed by atoms with Gasteiger partial charge in [0.25, 0.3) is 5.91 Å². The first-order valence-electron chi connectivity index (χ1n) is 9.37. The number of hydrogen-bond donors (Lipinski definition) is 1. The molecule has 0 spiro atoms. The molecule has 9 heteroatoms. The molecule has 1 heterocycles. The van der Waals surface area contributed by atoms with Gasteiger partial charge in [0.15, 0.2) is 16.7 Å². The van der Waals surface area contributed by atoms with E-state index in [2.05, 4.69) is 4.72 Å². The molecule has 2 aromatic carbocycles. The zero-order valence-electron chi connectivity index (χ0n) is 15.9. The SMILES string of the molecule is CCOc1ccccc1S(=O)NC(=O)c1cc2c(C(F)(F)F)cc(C3CC3)cc2o1. The quantitative estimate of drug-likeness (QED) is 0.577. The summed E-state index contributed by atoms with van der Waals surface area (Å²) in [7, 11) is -1.98. The Bertz CT molecular complexity index is 1130. The summed E-state index contributed by atoms with van der Waals surface area (Å²) in [6, 6.07) is 10.2. The molecule has 1 N–H and O–H groups in total. The molecule has 158 valence electrons. The average Bonchev–Trinajstić information content (AvgIpc) is 3.45. The number of amides is 1. The largest absolute Gasteiger partial charge is 0.493 e. The Labute approximate surface area is 172 Å². The van der Waals surface area contributed by atoms with E-state index in [1.165, 1.54) is 6.07 Å². The Kier molecular flexibility index (Phi) is 5.31. The number of hydrogen-bond acceptors (Lipinski definition) is 4. The van der Waals surface area contributed by atoms with Crippen LogP contribution in [0.15, 0.2) is 51.8 Å². The molecule has 1 amide bonds. The van der Waals surface area contributed by atoms with Crippen LogP contribution in [-0.2, 0) is 17.2 Å². The number of furan rings is 1. The van der Waals surface area contributed by atoms with Crippen molar-refractivity contribution in [3.05, 3.63) is 59.4 Å². The van der Waals surface area contributed by atoms with Gasteiger partial charge in [-0.15, -0.1) is 0 Å². The second-order valence-electron chi connectivity index (χ2n) is 6.94.